The maximum Gasteiger partial charge on any atom is 0.336 e. The van der Waals surface area contributed by atoms with Gasteiger partial charge < -0.3 is 19.0 Å². The zero-order valence-electron chi connectivity index (χ0n) is 23.9. The van der Waals surface area contributed by atoms with Gasteiger partial charge in [0.25, 0.3) is 0 Å². The van der Waals surface area contributed by atoms with Gasteiger partial charge in [-0.05, 0) is 67.6 Å². The minimum atomic E-state index is -0.923. The van der Waals surface area contributed by atoms with Gasteiger partial charge in [-0.1, -0.05) is 49.4 Å². The standard InChI is InChI=1S/C33H36N4O3/c1-6-9-30-35-31-21(2)18-26(32-34-22(3)23(4)36(32)16-17-40-5)19-29(31)37(30)20-24-12-14-25(15-13-24)27-10-7-8-11-28(27)33(38)39/h7-8,10-15,18-19H,6,9,16-17,20H2,1-5H3,(H,38,39). The van der Waals surface area contributed by atoms with Crippen LogP contribution < -0.4 is 0 Å². The number of imidazole rings is 2. The van der Waals surface area contributed by atoms with Gasteiger partial charge in [-0.15, -0.1) is 0 Å². The lowest BCUT2D eigenvalue weighted by Crippen LogP contribution is -2.08. The van der Waals surface area contributed by atoms with Crippen LogP contribution in [-0.2, 0) is 24.2 Å². The molecule has 5 rings (SSSR count). The Hall–Kier alpha value is -4.23. The number of methoxy groups -OCH3 is 1. The van der Waals surface area contributed by atoms with E-state index < -0.39 is 5.97 Å². The molecule has 0 unspecified atom stereocenters. The molecule has 5 aromatic rings. The van der Waals surface area contributed by atoms with Crippen molar-refractivity contribution in [2.24, 2.45) is 0 Å². The highest BCUT2D eigenvalue weighted by Crippen LogP contribution is 2.31. The smallest absolute Gasteiger partial charge is 0.336 e. The molecular weight excluding hydrogens is 500 g/mol. The molecule has 7 nitrogen and oxygen atoms in total. The largest absolute Gasteiger partial charge is 0.478 e. The number of aromatic nitrogens is 4. The summed E-state index contributed by atoms with van der Waals surface area (Å²) in [6.07, 6.45) is 1.88. The fourth-order valence-corrected chi connectivity index (χ4v) is 5.39. The molecule has 0 radical (unpaired) electrons. The Morgan fingerprint density at radius 3 is 2.40 bits per heavy atom. The van der Waals surface area contributed by atoms with Gasteiger partial charge in [-0.3, -0.25) is 0 Å². The molecule has 0 saturated heterocycles. The first-order valence-electron chi connectivity index (χ1n) is 13.8. The van der Waals surface area contributed by atoms with E-state index in [-0.39, 0.29) is 0 Å². The van der Waals surface area contributed by atoms with Crippen LogP contribution in [0.2, 0.25) is 0 Å². The molecule has 0 spiro atoms. The van der Waals surface area contributed by atoms with Crippen molar-refractivity contribution in [2.75, 3.05) is 13.7 Å². The van der Waals surface area contributed by atoms with Crippen LogP contribution in [0.1, 0.15) is 52.0 Å². The molecule has 0 fully saturated rings. The van der Waals surface area contributed by atoms with E-state index in [1.165, 1.54) is 0 Å². The van der Waals surface area contributed by atoms with Crippen LogP contribution >= 0.6 is 0 Å². The molecule has 1 N–H and O–H groups in total. The Morgan fingerprint density at radius 2 is 1.70 bits per heavy atom. The zero-order valence-corrected chi connectivity index (χ0v) is 23.9. The van der Waals surface area contributed by atoms with E-state index in [2.05, 4.69) is 61.1 Å². The van der Waals surface area contributed by atoms with E-state index in [9.17, 15) is 9.90 Å². The van der Waals surface area contributed by atoms with Crippen molar-refractivity contribution in [1.82, 2.24) is 19.1 Å². The first kappa shape index (κ1) is 27.3. The minimum Gasteiger partial charge on any atom is -0.478 e. The molecule has 0 aliphatic rings. The third-order valence-corrected chi connectivity index (χ3v) is 7.60. The first-order chi connectivity index (χ1) is 19.3. The Bertz CT molecular complexity index is 1680. The molecule has 0 bridgehead atoms. The number of carboxylic acids is 1. The maximum atomic E-state index is 11.7. The van der Waals surface area contributed by atoms with Gasteiger partial charge in [0.2, 0.25) is 0 Å². The van der Waals surface area contributed by atoms with Gasteiger partial charge in [-0.25, -0.2) is 14.8 Å². The summed E-state index contributed by atoms with van der Waals surface area (Å²) in [6.45, 7) is 10.5. The molecule has 7 heteroatoms. The van der Waals surface area contributed by atoms with Crippen molar-refractivity contribution in [3.8, 4) is 22.5 Å². The molecule has 0 aliphatic heterocycles. The lowest BCUT2D eigenvalue weighted by molar-refractivity contribution is 0.0697. The fraction of sp³-hybridized carbons (Fsp3) is 0.303. The second-order valence-corrected chi connectivity index (χ2v) is 10.3. The summed E-state index contributed by atoms with van der Waals surface area (Å²) in [6, 6.07) is 19.7. The summed E-state index contributed by atoms with van der Waals surface area (Å²) >= 11 is 0. The Morgan fingerprint density at radius 1 is 0.950 bits per heavy atom. The number of hydrogen-bond donors (Lipinski definition) is 1. The molecule has 0 atom stereocenters. The average molecular weight is 537 g/mol. The number of rotatable bonds is 10. The lowest BCUT2D eigenvalue weighted by atomic mass is 9.98. The number of carbonyl (C=O) groups is 1. The molecule has 206 valence electrons. The number of hydrogen-bond acceptors (Lipinski definition) is 4. The van der Waals surface area contributed by atoms with Crippen LogP contribution in [0.4, 0.5) is 0 Å². The van der Waals surface area contributed by atoms with Crippen molar-refractivity contribution in [1.29, 1.82) is 0 Å². The first-order valence-corrected chi connectivity index (χ1v) is 13.8. The molecule has 2 aromatic heterocycles. The molecular formula is C33H36N4O3. The zero-order chi connectivity index (χ0) is 28.4. The highest BCUT2D eigenvalue weighted by molar-refractivity contribution is 5.96. The van der Waals surface area contributed by atoms with Crippen LogP contribution in [-0.4, -0.2) is 43.9 Å². The summed E-state index contributed by atoms with van der Waals surface area (Å²) < 4.78 is 9.93. The van der Waals surface area contributed by atoms with Gasteiger partial charge in [0, 0.05) is 37.9 Å². The molecule has 40 heavy (non-hydrogen) atoms. The quantitative estimate of drug-likeness (QED) is 0.211. The van der Waals surface area contributed by atoms with Crippen LogP contribution in [0.25, 0.3) is 33.5 Å². The number of aryl methyl sites for hydroxylation is 3. The van der Waals surface area contributed by atoms with E-state index in [0.29, 0.717) is 18.7 Å². The summed E-state index contributed by atoms with van der Waals surface area (Å²) in [7, 11) is 1.72. The molecule has 3 aromatic carbocycles. The van der Waals surface area contributed by atoms with Gasteiger partial charge in [0.1, 0.15) is 11.6 Å². The Balaban J connectivity index is 1.56. The van der Waals surface area contributed by atoms with Crippen LogP contribution in [0.15, 0.2) is 60.7 Å². The second-order valence-electron chi connectivity index (χ2n) is 10.3. The number of aromatic carboxylic acids is 1. The Kier molecular flexibility index (Phi) is 7.85. The fourth-order valence-electron chi connectivity index (χ4n) is 5.39. The van der Waals surface area contributed by atoms with Crippen LogP contribution in [0, 0.1) is 20.8 Å². The summed E-state index contributed by atoms with van der Waals surface area (Å²) in [4.78, 5) is 21.7. The van der Waals surface area contributed by atoms with Crippen molar-refractivity contribution in [3.63, 3.8) is 0 Å². The van der Waals surface area contributed by atoms with Crippen molar-refractivity contribution >= 4 is 17.0 Å². The predicted octanol–water partition coefficient (Wildman–Crippen LogP) is 6.84. The minimum absolute atomic E-state index is 0.304. The molecule has 0 saturated carbocycles. The highest BCUT2D eigenvalue weighted by Gasteiger charge is 2.19. The van der Waals surface area contributed by atoms with Crippen molar-refractivity contribution < 1.29 is 14.6 Å². The number of fused-ring (bicyclic) bond motifs is 1. The maximum absolute atomic E-state index is 11.7. The SMILES string of the molecule is CCCc1nc2c(C)cc(-c3nc(C)c(C)n3CCOC)cc2n1Cc1ccc(-c2ccccc2C(=O)O)cc1. The van der Waals surface area contributed by atoms with Crippen molar-refractivity contribution in [2.45, 2.75) is 53.6 Å². The summed E-state index contributed by atoms with van der Waals surface area (Å²) in [5.41, 5.74) is 9.51. The molecule has 0 aliphatic carbocycles. The third-order valence-electron chi connectivity index (χ3n) is 7.60. The van der Waals surface area contributed by atoms with E-state index >= 15 is 0 Å². The number of carboxylic acid groups (broad SMARTS) is 1. The highest BCUT2D eigenvalue weighted by atomic mass is 16.5. The predicted molar refractivity (Wildman–Crippen MR) is 159 cm³/mol. The van der Waals surface area contributed by atoms with Crippen LogP contribution in [0.3, 0.4) is 0 Å². The summed E-state index contributed by atoms with van der Waals surface area (Å²) in [5.74, 6) is 1.09. The van der Waals surface area contributed by atoms with E-state index in [0.717, 1.165) is 81.3 Å². The summed E-state index contributed by atoms with van der Waals surface area (Å²) in [5, 5.41) is 9.62. The van der Waals surface area contributed by atoms with Crippen molar-refractivity contribution in [3.05, 3.63) is 94.6 Å². The number of nitrogens with zero attached hydrogens (tertiary/aromatic N) is 4. The normalized spacial score (nSPS) is 11.4. The third kappa shape index (κ3) is 5.17. The Labute approximate surface area is 235 Å². The number of benzene rings is 3. The lowest BCUT2D eigenvalue weighted by Gasteiger charge is -2.13. The van der Waals surface area contributed by atoms with Gasteiger partial charge in [0.15, 0.2) is 0 Å². The van der Waals surface area contributed by atoms with E-state index in [1.807, 2.05) is 24.3 Å². The topological polar surface area (TPSA) is 82.2 Å². The van der Waals surface area contributed by atoms with Gasteiger partial charge >= 0.3 is 5.97 Å². The monoisotopic (exact) mass is 536 g/mol. The van der Waals surface area contributed by atoms with Gasteiger partial charge in [0.05, 0.1) is 28.9 Å². The van der Waals surface area contributed by atoms with Gasteiger partial charge in [-0.2, -0.15) is 0 Å². The molecule has 0 amide bonds. The molecule has 2 heterocycles. The van der Waals surface area contributed by atoms with E-state index in [1.54, 1.807) is 19.2 Å². The average Bonchev–Trinajstić information content (AvgIpc) is 3.44. The van der Waals surface area contributed by atoms with Crippen LogP contribution in [0.5, 0.6) is 0 Å². The second kappa shape index (κ2) is 11.5. The number of ether oxygens (including phenoxy) is 1. The van der Waals surface area contributed by atoms with E-state index in [4.69, 9.17) is 14.7 Å².